The third-order valence-electron chi connectivity index (χ3n) is 10.6. The van der Waals surface area contributed by atoms with Crippen LogP contribution in [0.4, 0.5) is 0 Å². The lowest BCUT2D eigenvalue weighted by Gasteiger charge is -2.12. The topological polar surface area (TPSA) is 9.86 Å². The highest BCUT2D eigenvalue weighted by Crippen LogP contribution is 2.35. The van der Waals surface area contributed by atoms with Crippen LogP contribution in [0.25, 0.3) is 89.4 Å². The second kappa shape index (κ2) is 12.7. The molecular formula is C51H36N2. The molecule has 8 aromatic carbocycles. The van der Waals surface area contributed by atoms with Crippen molar-refractivity contribution in [1.29, 1.82) is 0 Å². The third kappa shape index (κ3) is 5.44. The number of fused-ring (bicyclic) bond motifs is 6. The van der Waals surface area contributed by atoms with E-state index in [9.17, 15) is 0 Å². The monoisotopic (exact) mass is 676 g/mol. The zero-order valence-electron chi connectivity index (χ0n) is 29.4. The molecule has 0 aliphatic carbocycles. The first-order chi connectivity index (χ1) is 26.2. The SMILES string of the molecule is Cc1cc(-c2ccc(/C=C/c3ccc(-c4ccc(-n5c6ccccc6c6ccccc65)cc4)cc3)cc2)cc(-n2c3ccccc3c3ccccc32)c1. The molecule has 0 saturated heterocycles. The highest BCUT2D eigenvalue weighted by Gasteiger charge is 2.14. The highest BCUT2D eigenvalue weighted by molar-refractivity contribution is 6.10. The van der Waals surface area contributed by atoms with Crippen LogP contribution in [0.3, 0.4) is 0 Å². The smallest absolute Gasteiger partial charge is 0.0541 e. The van der Waals surface area contributed by atoms with Crippen LogP contribution in [-0.4, -0.2) is 9.13 Å². The van der Waals surface area contributed by atoms with Gasteiger partial charge in [0.05, 0.1) is 22.1 Å². The van der Waals surface area contributed by atoms with Gasteiger partial charge >= 0.3 is 0 Å². The van der Waals surface area contributed by atoms with E-state index in [-0.39, 0.29) is 0 Å². The Morgan fingerprint density at radius 3 is 1.11 bits per heavy atom. The van der Waals surface area contributed by atoms with E-state index in [0.29, 0.717) is 0 Å². The average molecular weight is 677 g/mol. The Morgan fingerprint density at radius 1 is 0.321 bits per heavy atom. The van der Waals surface area contributed by atoms with Crippen LogP contribution in [0.15, 0.2) is 188 Å². The summed E-state index contributed by atoms with van der Waals surface area (Å²) in [6.45, 7) is 2.19. The lowest BCUT2D eigenvalue weighted by Crippen LogP contribution is -1.95. The van der Waals surface area contributed by atoms with Crippen molar-refractivity contribution in [3.8, 4) is 33.6 Å². The van der Waals surface area contributed by atoms with Gasteiger partial charge in [-0.3, -0.25) is 0 Å². The number of benzene rings is 8. The van der Waals surface area contributed by atoms with Gasteiger partial charge in [0, 0.05) is 32.9 Å². The minimum Gasteiger partial charge on any atom is -0.309 e. The van der Waals surface area contributed by atoms with Gasteiger partial charge < -0.3 is 9.13 Å². The van der Waals surface area contributed by atoms with E-state index in [2.05, 4.69) is 216 Å². The van der Waals surface area contributed by atoms with Crippen molar-refractivity contribution in [3.63, 3.8) is 0 Å². The second-order valence-electron chi connectivity index (χ2n) is 13.9. The quantitative estimate of drug-likeness (QED) is 0.155. The van der Waals surface area contributed by atoms with Crippen LogP contribution in [-0.2, 0) is 0 Å². The summed E-state index contributed by atoms with van der Waals surface area (Å²) in [5.41, 5.74) is 15.7. The molecule has 0 aliphatic heterocycles. The molecule has 0 unspecified atom stereocenters. The van der Waals surface area contributed by atoms with E-state index in [1.54, 1.807) is 0 Å². The Bertz CT molecular complexity index is 2870. The first-order valence-corrected chi connectivity index (χ1v) is 18.3. The maximum absolute atomic E-state index is 2.39. The van der Waals surface area contributed by atoms with Gasteiger partial charge in [0.25, 0.3) is 0 Å². The van der Waals surface area contributed by atoms with Crippen molar-refractivity contribution in [2.24, 2.45) is 0 Å². The van der Waals surface area contributed by atoms with Gasteiger partial charge in [-0.2, -0.15) is 0 Å². The van der Waals surface area contributed by atoms with E-state index in [0.717, 1.165) is 0 Å². The molecule has 10 rings (SSSR count). The van der Waals surface area contributed by atoms with Crippen molar-refractivity contribution >= 4 is 55.8 Å². The number of aromatic nitrogens is 2. The van der Waals surface area contributed by atoms with Crippen LogP contribution in [0, 0.1) is 6.92 Å². The van der Waals surface area contributed by atoms with Gasteiger partial charge in [-0.15, -0.1) is 0 Å². The number of nitrogens with zero attached hydrogens (tertiary/aromatic N) is 2. The second-order valence-corrected chi connectivity index (χ2v) is 13.9. The molecular weight excluding hydrogens is 641 g/mol. The molecule has 250 valence electrons. The molecule has 0 atom stereocenters. The Labute approximate surface area is 309 Å². The minimum absolute atomic E-state index is 1.17. The zero-order valence-corrected chi connectivity index (χ0v) is 29.4. The molecule has 10 aromatic rings. The van der Waals surface area contributed by atoms with Crippen LogP contribution < -0.4 is 0 Å². The molecule has 0 saturated carbocycles. The van der Waals surface area contributed by atoms with Gasteiger partial charge in [0.15, 0.2) is 0 Å². The van der Waals surface area contributed by atoms with Crippen LogP contribution in [0.2, 0.25) is 0 Å². The fourth-order valence-electron chi connectivity index (χ4n) is 8.03. The van der Waals surface area contributed by atoms with Crippen molar-refractivity contribution in [3.05, 3.63) is 205 Å². The fraction of sp³-hybridized carbons (Fsp3) is 0.0196. The molecule has 2 aromatic heterocycles. The van der Waals surface area contributed by atoms with Crippen LogP contribution in [0.1, 0.15) is 16.7 Å². The normalized spacial score (nSPS) is 11.8. The van der Waals surface area contributed by atoms with Crippen molar-refractivity contribution < 1.29 is 0 Å². The number of aryl methyl sites for hydroxylation is 1. The number of rotatable bonds is 6. The van der Waals surface area contributed by atoms with Gasteiger partial charge in [0.2, 0.25) is 0 Å². The summed E-state index contributed by atoms with van der Waals surface area (Å²) >= 11 is 0. The predicted octanol–water partition coefficient (Wildman–Crippen LogP) is 13.7. The summed E-state index contributed by atoms with van der Waals surface area (Å²) in [5.74, 6) is 0. The Kier molecular flexibility index (Phi) is 7.40. The number of hydrogen-bond donors (Lipinski definition) is 0. The lowest BCUT2D eigenvalue weighted by atomic mass is 10.0. The van der Waals surface area contributed by atoms with Crippen LogP contribution >= 0.6 is 0 Å². The molecule has 0 aliphatic rings. The number of hydrogen-bond acceptors (Lipinski definition) is 0. The summed E-state index contributed by atoms with van der Waals surface area (Å²) in [7, 11) is 0. The van der Waals surface area contributed by atoms with Crippen molar-refractivity contribution in [2.45, 2.75) is 6.92 Å². The minimum atomic E-state index is 1.17. The standard InChI is InChI=1S/C51H36N2/c1-35-32-41(34-43(33-35)53-50-16-8-4-12-46(50)47-13-5-9-17-51(47)53)40-26-22-37(23-27-40)19-18-36-20-24-38(25-21-36)39-28-30-42(31-29-39)52-48-14-6-2-10-44(48)45-11-3-7-15-49(45)52/h2-34H,1H3/b19-18+. The summed E-state index contributed by atoms with van der Waals surface area (Å²) in [6.07, 6.45) is 4.39. The fourth-order valence-corrected chi connectivity index (χ4v) is 8.03. The molecule has 0 N–H and O–H groups in total. The molecule has 0 amide bonds. The van der Waals surface area contributed by atoms with E-state index in [4.69, 9.17) is 0 Å². The molecule has 0 fully saturated rings. The van der Waals surface area contributed by atoms with Crippen molar-refractivity contribution in [2.75, 3.05) is 0 Å². The van der Waals surface area contributed by atoms with Crippen LogP contribution in [0.5, 0.6) is 0 Å². The predicted molar refractivity (Wildman–Crippen MR) is 226 cm³/mol. The Morgan fingerprint density at radius 2 is 0.679 bits per heavy atom. The molecule has 2 heteroatoms. The van der Waals surface area contributed by atoms with E-state index >= 15 is 0 Å². The maximum atomic E-state index is 2.39. The summed E-state index contributed by atoms with van der Waals surface area (Å²) in [4.78, 5) is 0. The molecule has 0 radical (unpaired) electrons. The highest BCUT2D eigenvalue weighted by atomic mass is 15.0. The van der Waals surface area contributed by atoms with Gasteiger partial charge in [0.1, 0.15) is 0 Å². The maximum Gasteiger partial charge on any atom is 0.0541 e. The zero-order chi connectivity index (χ0) is 35.3. The van der Waals surface area contributed by atoms with E-state index in [1.807, 2.05) is 0 Å². The molecule has 0 spiro atoms. The van der Waals surface area contributed by atoms with Gasteiger partial charge in [-0.1, -0.05) is 152 Å². The molecule has 2 heterocycles. The first kappa shape index (κ1) is 30.9. The summed E-state index contributed by atoms with van der Waals surface area (Å²) in [5, 5.41) is 5.12. The largest absolute Gasteiger partial charge is 0.309 e. The van der Waals surface area contributed by atoms with Gasteiger partial charge in [-0.25, -0.2) is 0 Å². The lowest BCUT2D eigenvalue weighted by molar-refractivity contribution is 1.17. The van der Waals surface area contributed by atoms with Gasteiger partial charge in [-0.05, 0) is 94.4 Å². The Hall–Kier alpha value is -6.90. The molecule has 53 heavy (non-hydrogen) atoms. The third-order valence-corrected chi connectivity index (χ3v) is 10.6. The van der Waals surface area contributed by atoms with Crippen molar-refractivity contribution in [1.82, 2.24) is 9.13 Å². The van der Waals surface area contributed by atoms with E-state index in [1.165, 1.54) is 93.9 Å². The van der Waals surface area contributed by atoms with E-state index < -0.39 is 0 Å². The Balaban J connectivity index is 0.878. The first-order valence-electron chi connectivity index (χ1n) is 18.3. The average Bonchev–Trinajstić information content (AvgIpc) is 3.74. The summed E-state index contributed by atoms with van der Waals surface area (Å²) in [6, 6.07) is 68.2. The number of para-hydroxylation sites is 4. The molecule has 0 bridgehead atoms. The molecule has 2 nitrogen and oxygen atoms in total. The summed E-state index contributed by atoms with van der Waals surface area (Å²) < 4.78 is 4.76.